The van der Waals surface area contributed by atoms with Gasteiger partial charge in [-0.3, -0.25) is 4.79 Å². The Morgan fingerprint density at radius 1 is 1.31 bits per heavy atom. The molecule has 0 aliphatic heterocycles. The van der Waals surface area contributed by atoms with Gasteiger partial charge in [-0.25, -0.2) is 0 Å². The van der Waals surface area contributed by atoms with E-state index in [0.29, 0.717) is 36.4 Å². The maximum absolute atomic E-state index is 12.0. The van der Waals surface area contributed by atoms with Crippen LogP contribution in [-0.4, -0.2) is 22.4 Å². The summed E-state index contributed by atoms with van der Waals surface area (Å²) in [6, 6.07) is 0. The van der Waals surface area contributed by atoms with E-state index < -0.39 is 0 Å². The summed E-state index contributed by atoms with van der Waals surface area (Å²) in [5.74, 6) is 2.18. The number of rotatable bonds is 1. The van der Waals surface area contributed by atoms with Crippen LogP contribution >= 0.6 is 11.6 Å². The van der Waals surface area contributed by atoms with Gasteiger partial charge >= 0.3 is 0 Å². The standard InChI is InChI=1S/C13H19ClO2/c1-6(14)11-7-2-3-8(11)13-10(16)5-4-9(15)12(7)13/h6-9,11-13,15H,2-5H2,1H3/t6?,7-,8+,9?,11-,12?,13?/m1/s1. The van der Waals surface area contributed by atoms with E-state index in [1.165, 1.54) is 0 Å². The number of carbonyl (C=O) groups excluding carboxylic acids is 1. The zero-order valence-corrected chi connectivity index (χ0v) is 10.4. The molecule has 0 amide bonds. The van der Waals surface area contributed by atoms with Gasteiger partial charge in [0.1, 0.15) is 5.78 Å². The summed E-state index contributed by atoms with van der Waals surface area (Å²) in [7, 11) is 0. The highest BCUT2D eigenvalue weighted by Crippen LogP contribution is 2.61. The van der Waals surface area contributed by atoms with Gasteiger partial charge in [-0.15, -0.1) is 11.6 Å². The second-order valence-electron chi connectivity index (χ2n) is 5.84. The Bertz CT molecular complexity index is 315. The Morgan fingerprint density at radius 3 is 2.62 bits per heavy atom. The zero-order valence-electron chi connectivity index (χ0n) is 9.60. The summed E-state index contributed by atoms with van der Waals surface area (Å²) < 4.78 is 0. The molecule has 16 heavy (non-hydrogen) atoms. The van der Waals surface area contributed by atoms with Crippen molar-refractivity contribution in [3.05, 3.63) is 0 Å². The lowest BCUT2D eigenvalue weighted by Gasteiger charge is -2.37. The molecular weight excluding hydrogens is 224 g/mol. The van der Waals surface area contributed by atoms with Crippen LogP contribution in [0.2, 0.25) is 0 Å². The van der Waals surface area contributed by atoms with E-state index in [0.717, 1.165) is 12.8 Å². The number of carbonyl (C=O) groups is 1. The SMILES string of the molecule is CC(Cl)[C@H]1[C@@H]2CC[C@H]1C1C(O)CCC(=O)C12. The van der Waals surface area contributed by atoms with Crippen LogP contribution in [-0.2, 0) is 4.79 Å². The molecule has 3 rings (SSSR count). The molecule has 0 radical (unpaired) electrons. The first-order valence-corrected chi connectivity index (χ1v) is 6.89. The summed E-state index contributed by atoms with van der Waals surface area (Å²) in [5.41, 5.74) is 0. The zero-order chi connectivity index (χ0) is 11.4. The minimum atomic E-state index is -0.254. The fourth-order valence-electron chi connectivity index (χ4n) is 4.82. The first-order chi connectivity index (χ1) is 7.61. The summed E-state index contributed by atoms with van der Waals surface area (Å²) in [4.78, 5) is 12.0. The molecule has 3 saturated carbocycles. The van der Waals surface area contributed by atoms with Gasteiger partial charge < -0.3 is 5.11 Å². The number of aliphatic hydroxyl groups is 1. The van der Waals surface area contributed by atoms with Crippen molar-refractivity contribution in [1.29, 1.82) is 0 Å². The summed E-state index contributed by atoms with van der Waals surface area (Å²) in [6.07, 6.45) is 3.31. The van der Waals surface area contributed by atoms with Gasteiger partial charge in [0.2, 0.25) is 0 Å². The first-order valence-electron chi connectivity index (χ1n) is 6.46. The molecule has 3 aliphatic rings. The number of alkyl halides is 1. The Hall–Kier alpha value is -0.0800. The highest BCUT2D eigenvalue weighted by Gasteiger charge is 2.60. The van der Waals surface area contributed by atoms with Crippen molar-refractivity contribution in [2.45, 2.75) is 44.1 Å². The largest absolute Gasteiger partial charge is 0.393 e. The topological polar surface area (TPSA) is 37.3 Å². The fourth-order valence-corrected chi connectivity index (χ4v) is 5.19. The quantitative estimate of drug-likeness (QED) is 0.716. The summed E-state index contributed by atoms with van der Waals surface area (Å²) in [5, 5.41) is 10.3. The van der Waals surface area contributed by atoms with Crippen molar-refractivity contribution in [3.8, 4) is 0 Å². The number of hydrogen-bond acceptors (Lipinski definition) is 2. The predicted octanol–water partition coefficient (Wildman–Crippen LogP) is 2.23. The number of Topliss-reactive ketones (excluding diaryl/α,β-unsaturated/α-hetero) is 1. The molecule has 0 aromatic carbocycles. The Balaban J connectivity index is 1.94. The molecule has 2 nitrogen and oxygen atoms in total. The number of hydrogen-bond donors (Lipinski definition) is 1. The van der Waals surface area contributed by atoms with Gasteiger partial charge in [-0.05, 0) is 49.9 Å². The van der Waals surface area contributed by atoms with Crippen LogP contribution in [0.4, 0.5) is 0 Å². The smallest absolute Gasteiger partial charge is 0.136 e. The van der Waals surface area contributed by atoms with Crippen molar-refractivity contribution < 1.29 is 9.90 Å². The van der Waals surface area contributed by atoms with Crippen LogP contribution in [0.3, 0.4) is 0 Å². The summed E-state index contributed by atoms with van der Waals surface area (Å²) >= 11 is 6.28. The lowest BCUT2D eigenvalue weighted by molar-refractivity contribution is -0.133. The van der Waals surface area contributed by atoms with Gasteiger partial charge in [0.05, 0.1) is 6.10 Å². The van der Waals surface area contributed by atoms with Gasteiger partial charge in [-0.1, -0.05) is 0 Å². The third-order valence-electron chi connectivity index (χ3n) is 5.23. The Labute approximate surface area is 101 Å². The molecule has 90 valence electrons. The maximum Gasteiger partial charge on any atom is 0.136 e. The number of aliphatic hydroxyl groups excluding tert-OH is 1. The molecule has 0 aromatic rings. The molecule has 4 unspecified atom stereocenters. The van der Waals surface area contributed by atoms with Crippen LogP contribution in [0, 0.1) is 29.6 Å². The van der Waals surface area contributed by atoms with Crippen molar-refractivity contribution >= 4 is 17.4 Å². The highest BCUT2D eigenvalue weighted by atomic mass is 35.5. The van der Waals surface area contributed by atoms with Gasteiger partial charge in [-0.2, -0.15) is 0 Å². The molecule has 0 saturated heterocycles. The lowest BCUT2D eigenvalue weighted by atomic mass is 9.69. The molecule has 7 atom stereocenters. The van der Waals surface area contributed by atoms with Crippen LogP contribution < -0.4 is 0 Å². The molecule has 3 heteroatoms. The molecule has 0 aromatic heterocycles. The molecule has 3 aliphatic carbocycles. The van der Waals surface area contributed by atoms with Gasteiger partial charge in [0, 0.05) is 17.7 Å². The number of ketones is 1. The predicted molar refractivity (Wildman–Crippen MR) is 62.2 cm³/mol. The first kappa shape index (κ1) is 11.0. The molecule has 2 bridgehead atoms. The maximum atomic E-state index is 12.0. The lowest BCUT2D eigenvalue weighted by Crippen LogP contribution is -2.41. The summed E-state index contributed by atoms with van der Waals surface area (Å²) in [6.45, 7) is 2.05. The third kappa shape index (κ3) is 1.32. The fraction of sp³-hybridized carbons (Fsp3) is 0.923. The van der Waals surface area contributed by atoms with Crippen LogP contribution in [0.15, 0.2) is 0 Å². The third-order valence-corrected chi connectivity index (χ3v) is 5.52. The van der Waals surface area contributed by atoms with Crippen LogP contribution in [0.25, 0.3) is 0 Å². The second kappa shape index (κ2) is 3.71. The number of halogens is 1. The van der Waals surface area contributed by atoms with E-state index >= 15 is 0 Å². The van der Waals surface area contributed by atoms with E-state index in [1.807, 2.05) is 6.92 Å². The van der Waals surface area contributed by atoms with Crippen molar-refractivity contribution in [1.82, 2.24) is 0 Å². The van der Waals surface area contributed by atoms with Crippen molar-refractivity contribution in [3.63, 3.8) is 0 Å². The molecule has 3 fully saturated rings. The molecule has 0 spiro atoms. The second-order valence-corrected chi connectivity index (χ2v) is 6.52. The van der Waals surface area contributed by atoms with Gasteiger partial charge in [0.15, 0.2) is 0 Å². The molecule has 1 N–H and O–H groups in total. The van der Waals surface area contributed by atoms with Gasteiger partial charge in [0.25, 0.3) is 0 Å². The average Bonchev–Trinajstić information content (AvgIpc) is 2.79. The minimum Gasteiger partial charge on any atom is -0.393 e. The normalized spacial score (nSPS) is 52.8. The molecule has 0 heterocycles. The Morgan fingerprint density at radius 2 is 2.00 bits per heavy atom. The van der Waals surface area contributed by atoms with Crippen LogP contribution in [0.1, 0.15) is 32.6 Å². The van der Waals surface area contributed by atoms with Crippen LogP contribution in [0.5, 0.6) is 0 Å². The van der Waals surface area contributed by atoms with Crippen molar-refractivity contribution in [2.24, 2.45) is 29.6 Å². The number of fused-ring (bicyclic) bond motifs is 5. The van der Waals surface area contributed by atoms with Crippen molar-refractivity contribution in [2.75, 3.05) is 0 Å². The molecular formula is C13H19ClO2. The monoisotopic (exact) mass is 242 g/mol. The van der Waals surface area contributed by atoms with E-state index in [4.69, 9.17) is 11.6 Å². The highest BCUT2D eigenvalue weighted by molar-refractivity contribution is 6.20. The van der Waals surface area contributed by atoms with E-state index in [2.05, 4.69) is 0 Å². The van der Waals surface area contributed by atoms with E-state index in [9.17, 15) is 9.90 Å². The average molecular weight is 243 g/mol. The minimum absolute atomic E-state index is 0.133. The Kier molecular flexibility index (Phi) is 2.56. The van der Waals surface area contributed by atoms with E-state index in [1.54, 1.807) is 0 Å². The van der Waals surface area contributed by atoms with E-state index in [-0.39, 0.29) is 23.3 Å².